The van der Waals surface area contributed by atoms with E-state index >= 15 is 0 Å². The van der Waals surface area contributed by atoms with Crippen LogP contribution >= 0.6 is 11.8 Å². The van der Waals surface area contributed by atoms with E-state index < -0.39 is 0 Å². The average Bonchev–Trinajstić information content (AvgIpc) is 2.39. The van der Waals surface area contributed by atoms with Crippen molar-refractivity contribution in [1.82, 2.24) is 15.2 Å². The lowest BCUT2D eigenvalue weighted by molar-refractivity contribution is -0.114. The van der Waals surface area contributed by atoms with Crippen LogP contribution in [-0.4, -0.2) is 27.3 Å². The lowest BCUT2D eigenvalue weighted by atomic mass is 10.2. The van der Waals surface area contributed by atoms with E-state index in [1.165, 1.54) is 18.7 Å². The summed E-state index contributed by atoms with van der Waals surface area (Å²) >= 11 is 1.42. The van der Waals surface area contributed by atoms with Gasteiger partial charge in [0.1, 0.15) is 5.03 Å². The number of nitrogens with zero attached hydrogens (tertiary/aromatic N) is 3. The molecule has 0 fully saturated rings. The van der Waals surface area contributed by atoms with E-state index in [-0.39, 0.29) is 5.91 Å². The number of carbonyl (C=O) groups excluding carboxylic acids is 1. The van der Waals surface area contributed by atoms with Crippen LogP contribution in [0.4, 0.5) is 5.82 Å². The zero-order valence-electron chi connectivity index (χ0n) is 10.0. The summed E-state index contributed by atoms with van der Waals surface area (Å²) in [4.78, 5) is 15.4. The highest BCUT2D eigenvalue weighted by Gasteiger charge is 2.10. The fraction of sp³-hybridized carbons (Fsp3) is 0.167. The molecule has 5 nitrogen and oxygen atoms in total. The number of anilines is 1. The molecule has 0 saturated heterocycles. The quantitative estimate of drug-likeness (QED) is 0.857. The van der Waals surface area contributed by atoms with Gasteiger partial charge in [-0.15, -0.1) is 22.0 Å². The number of nitrogens with one attached hydrogen (secondary N) is 1. The van der Waals surface area contributed by atoms with Gasteiger partial charge in [0.2, 0.25) is 5.91 Å². The highest BCUT2D eigenvalue weighted by molar-refractivity contribution is 7.98. The Kier molecular flexibility index (Phi) is 3.88. The van der Waals surface area contributed by atoms with Crippen LogP contribution in [0.15, 0.2) is 35.4 Å². The van der Waals surface area contributed by atoms with Crippen LogP contribution in [0, 0.1) is 0 Å². The smallest absolute Gasteiger partial charge is 0.222 e. The summed E-state index contributed by atoms with van der Waals surface area (Å²) in [6, 6.07) is 9.59. The molecular formula is C12H12N4OS. The highest BCUT2D eigenvalue weighted by atomic mass is 32.2. The van der Waals surface area contributed by atoms with Gasteiger partial charge in [0, 0.05) is 12.5 Å². The summed E-state index contributed by atoms with van der Waals surface area (Å²) in [7, 11) is 0. The van der Waals surface area contributed by atoms with Gasteiger partial charge in [-0.05, 0) is 6.26 Å². The number of amides is 1. The van der Waals surface area contributed by atoms with Crippen molar-refractivity contribution in [3.63, 3.8) is 0 Å². The molecular weight excluding hydrogens is 248 g/mol. The Balaban J connectivity index is 2.39. The van der Waals surface area contributed by atoms with E-state index in [2.05, 4.69) is 20.5 Å². The van der Waals surface area contributed by atoms with Crippen LogP contribution in [0.3, 0.4) is 0 Å². The first-order valence-electron chi connectivity index (χ1n) is 5.32. The fourth-order valence-electron chi connectivity index (χ4n) is 1.41. The summed E-state index contributed by atoms with van der Waals surface area (Å²) in [5, 5.41) is 11.3. The Morgan fingerprint density at radius 2 is 1.94 bits per heavy atom. The topological polar surface area (TPSA) is 67.8 Å². The van der Waals surface area contributed by atoms with Crippen molar-refractivity contribution in [3.8, 4) is 11.4 Å². The normalized spacial score (nSPS) is 10.1. The number of thioether (sulfide) groups is 1. The third-order valence-electron chi connectivity index (χ3n) is 2.17. The zero-order chi connectivity index (χ0) is 13.0. The molecule has 92 valence electrons. The monoisotopic (exact) mass is 260 g/mol. The number of rotatable bonds is 3. The van der Waals surface area contributed by atoms with Gasteiger partial charge < -0.3 is 5.32 Å². The number of aromatic nitrogens is 3. The van der Waals surface area contributed by atoms with Crippen LogP contribution in [0.1, 0.15) is 6.92 Å². The van der Waals surface area contributed by atoms with Crippen LogP contribution < -0.4 is 5.32 Å². The van der Waals surface area contributed by atoms with Gasteiger partial charge in [-0.3, -0.25) is 4.79 Å². The average molecular weight is 260 g/mol. The van der Waals surface area contributed by atoms with E-state index in [1.54, 1.807) is 0 Å². The number of hydrogen-bond donors (Lipinski definition) is 1. The first-order chi connectivity index (χ1) is 8.70. The lowest BCUT2D eigenvalue weighted by Crippen LogP contribution is -2.11. The minimum atomic E-state index is -0.186. The Bertz CT molecular complexity index is 559. The standard InChI is InChI=1S/C12H12N4OS/c1-8(17)13-11-12(18-2)14-10(15-16-11)9-6-4-3-5-7-9/h3-7H,1-2H3,(H,13,16,17). The zero-order valence-corrected chi connectivity index (χ0v) is 10.9. The molecule has 6 heteroatoms. The summed E-state index contributed by atoms with van der Waals surface area (Å²) in [6.07, 6.45) is 1.88. The van der Waals surface area contributed by atoms with Gasteiger partial charge in [0.05, 0.1) is 0 Å². The maximum Gasteiger partial charge on any atom is 0.222 e. The van der Waals surface area contributed by atoms with Crippen molar-refractivity contribution in [3.05, 3.63) is 30.3 Å². The molecule has 0 aliphatic rings. The predicted molar refractivity (Wildman–Crippen MR) is 71.3 cm³/mol. The molecule has 0 aliphatic heterocycles. The molecule has 0 radical (unpaired) electrons. The van der Waals surface area contributed by atoms with Crippen molar-refractivity contribution in [2.75, 3.05) is 11.6 Å². The molecule has 1 aromatic carbocycles. The Hall–Kier alpha value is -1.95. The molecule has 0 unspecified atom stereocenters. The maximum atomic E-state index is 11.0. The van der Waals surface area contributed by atoms with Crippen molar-refractivity contribution in [2.45, 2.75) is 11.9 Å². The second-order valence-corrected chi connectivity index (χ2v) is 4.34. The molecule has 18 heavy (non-hydrogen) atoms. The molecule has 0 bridgehead atoms. The van der Waals surface area contributed by atoms with Gasteiger partial charge in [-0.1, -0.05) is 30.3 Å². The van der Waals surface area contributed by atoms with Crippen molar-refractivity contribution < 1.29 is 4.79 Å². The lowest BCUT2D eigenvalue weighted by Gasteiger charge is -2.06. The minimum Gasteiger partial charge on any atom is -0.307 e. The van der Waals surface area contributed by atoms with Crippen LogP contribution in [0.2, 0.25) is 0 Å². The van der Waals surface area contributed by atoms with Gasteiger partial charge in [0.25, 0.3) is 0 Å². The first kappa shape index (κ1) is 12.5. The molecule has 1 aromatic heterocycles. The molecule has 2 aromatic rings. The van der Waals surface area contributed by atoms with E-state index in [1.807, 2.05) is 36.6 Å². The molecule has 0 saturated carbocycles. The van der Waals surface area contributed by atoms with E-state index in [0.717, 1.165) is 5.56 Å². The molecule has 0 spiro atoms. The molecule has 1 amide bonds. The second kappa shape index (κ2) is 5.59. The van der Waals surface area contributed by atoms with Gasteiger partial charge in [-0.2, -0.15) is 0 Å². The molecule has 1 heterocycles. The number of carbonyl (C=O) groups is 1. The van der Waals surface area contributed by atoms with E-state index in [9.17, 15) is 4.79 Å². The van der Waals surface area contributed by atoms with Gasteiger partial charge in [0.15, 0.2) is 11.6 Å². The van der Waals surface area contributed by atoms with E-state index in [4.69, 9.17) is 0 Å². The molecule has 0 atom stereocenters. The molecule has 2 rings (SSSR count). The maximum absolute atomic E-state index is 11.0. The summed E-state index contributed by atoms with van der Waals surface area (Å²) in [5.41, 5.74) is 0.898. The summed E-state index contributed by atoms with van der Waals surface area (Å²) in [5.74, 6) is 0.762. The second-order valence-electron chi connectivity index (χ2n) is 3.54. The number of hydrogen-bond acceptors (Lipinski definition) is 5. The Morgan fingerprint density at radius 1 is 1.22 bits per heavy atom. The largest absolute Gasteiger partial charge is 0.307 e. The summed E-state index contributed by atoms with van der Waals surface area (Å²) < 4.78 is 0. The summed E-state index contributed by atoms with van der Waals surface area (Å²) in [6.45, 7) is 1.43. The minimum absolute atomic E-state index is 0.186. The predicted octanol–water partition coefficient (Wildman–Crippen LogP) is 2.22. The van der Waals surface area contributed by atoms with Crippen molar-refractivity contribution in [2.24, 2.45) is 0 Å². The Morgan fingerprint density at radius 3 is 2.56 bits per heavy atom. The SMILES string of the molecule is CSc1nc(-c2ccccc2)nnc1NC(C)=O. The van der Waals surface area contributed by atoms with Crippen LogP contribution in [-0.2, 0) is 4.79 Å². The van der Waals surface area contributed by atoms with Crippen molar-refractivity contribution in [1.29, 1.82) is 0 Å². The molecule has 0 aliphatic carbocycles. The Labute approximate surface area is 109 Å². The van der Waals surface area contributed by atoms with Crippen molar-refractivity contribution >= 4 is 23.5 Å². The fourth-order valence-corrected chi connectivity index (χ4v) is 1.87. The highest BCUT2D eigenvalue weighted by Crippen LogP contribution is 2.23. The third kappa shape index (κ3) is 2.84. The van der Waals surface area contributed by atoms with Crippen LogP contribution in [0.5, 0.6) is 0 Å². The van der Waals surface area contributed by atoms with Gasteiger partial charge >= 0.3 is 0 Å². The first-order valence-corrected chi connectivity index (χ1v) is 6.55. The van der Waals surface area contributed by atoms with Crippen LogP contribution in [0.25, 0.3) is 11.4 Å². The molecule has 1 N–H and O–H groups in total. The van der Waals surface area contributed by atoms with E-state index in [0.29, 0.717) is 16.7 Å². The third-order valence-corrected chi connectivity index (χ3v) is 2.85. The number of benzene rings is 1. The van der Waals surface area contributed by atoms with Gasteiger partial charge in [-0.25, -0.2) is 4.98 Å².